The van der Waals surface area contributed by atoms with E-state index in [1.54, 1.807) is 0 Å². The highest BCUT2D eigenvalue weighted by atomic mass is 79.9. The summed E-state index contributed by atoms with van der Waals surface area (Å²) in [7, 11) is 1.18. The highest BCUT2D eigenvalue weighted by molar-refractivity contribution is 9.10. The van der Waals surface area contributed by atoms with E-state index >= 15 is 0 Å². The lowest BCUT2D eigenvalue weighted by Crippen LogP contribution is -2.12. The smallest absolute Gasteiger partial charge is 0.261 e. The van der Waals surface area contributed by atoms with Crippen LogP contribution in [0.2, 0.25) is 5.15 Å². The summed E-state index contributed by atoms with van der Waals surface area (Å²) in [6.07, 6.45) is -4.44. The van der Waals surface area contributed by atoms with Crippen molar-refractivity contribution >= 4 is 27.5 Å². The number of alkyl halides is 3. The largest absolute Gasteiger partial charge is 0.434 e. The first-order chi connectivity index (χ1) is 5.34. The number of halogens is 5. The second-order valence-electron chi connectivity index (χ2n) is 2.07. The Morgan fingerprint density at radius 1 is 1.50 bits per heavy atom. The number of nitrogens with zero attached hydrogens (tertiary/aromatic N) is 2. The van der Waals surface area contributed by atoms with Gasteiger partial charge in [-0.15, -0.1) is 0 Å². The van der Waals surface area contributed by atoms with Crippen molar-refractivity contribution in [1.29, 1.82) is 0 Å². The molecule has 0 atom stereocenters. The molecule has 0 aliphatic carbocycles. The van der Waals surface area contributed by atoms with Gasteiger partial charge in [0.25, 0.3) is 0 Å². The third-order valence-corrected chi connectivity index (χ3v) is 2.46. The van der Waals surface area contributed by atoms with Crippen LogP contribution >= 0.6 is 27.5 Å². The van der Waals surface area contributed by atoms with Crippen LogP contribution < -0.4 is 0 Å². The van der Waals surface area contributed by atoms with Crippen LogP contribution in [0.1, 0.15) is 5.69 Å². The molecule has 0 amide bonds. The maximum atomic E-state index is 12.2. The molecule has 7 heteroatoms. The Labute approximate surface area is 79.4 Å². The van der Waals surface area contributed by atoms with E-state index in [-0.39, 0.29) is 9.63 Å². The molecule has 2 nitrogen and oxygen atoms in total. The van der Waals surface area contributed by atoms with Gasteiger partial charge < -0.3 is 0 Å². The topological polar surface area (TPSA) is 17.8 Å². The molecule has 0 aromatic carbocycles. The van der Waals surface area contributed by atoms with Crippen molar-refractivity contribution in [2.75, 3.05) is 0 Å². The van der Waals surface area contributed by atoms with Gasteiger partial charge in [0.2, 0.25) is 0 Å². The third kappa shape index (κ3) is 1.59. The molecule has 0 bridgehead atoms. The fraction of sp³-hybridized carbons (Fsp3) is 0.400. The molecule has 0 unspecified atom stereocenters. The van der Waals surface area contributed by atoms with E-state index in [2.05, 4.69) is 21.0 Å². The normalized spacial score (nSPS) is 12.2. The molecule has 0 spiro atoms. The summed E-state index contributed by atoms with van der Waals surface area (Å²) in [6, 6.07) is 0. The van der Waals surface area contributed by atoms with Crippen molar-refractivity contribution in [3.05, 3.63) is 15.3 Å². The van der Waals surface area contributed by atoms with Crippen LogP contribution in [0, 0.1) is 0 Å². The number of rotatable bonds is 0. The van der Waals surface area contributed by atoms with E-state index in [1.165, 1.54) is 7.05 Å². The van der Waals surface area contributed by atoms with Crippen molar-refractivity contribution in [3.8, 4) is 0 Å². The van der Waals surface area contributed by atoms with Gasteiger partial charge in [0.15, 0.2) is 10.8 Å². The predicted octanol–water partition coefficient (Wildman–Crippen LogP) is 2.85. The fourth-order valence-electron chi connectivity index (χ4n) is 0.773. The Hall–Kier alpha value is -0.230. The van der Waals surface area contributed by atoms with E-state index in [9.17, 15) is 13.2 Å². The molecule has 1 rings (SSSR count). The van der Waals surface area contributed by atoms with E-state index in [1.807, 2.05) is 0 Å². The maximum Gasteiger partial charge on any atom is 0.434 e. The number of hydrogen-bond acceptors (Lipinski definition) is 1. The number of aryl methyl sites for hydroxylation is 1. The molecule has 0 fully saturated rings. The van der Waals surface area contributed by atoms with Gasteiger partial charge in [-0.3, -0.25) is 4.68 Å². The van der Waals surface area contributed by atoms with E-state index < -0.39 is 11.9 Å². The SMILES string of the molecule is Cn1nc(Cl)c(Br)c1C(F)(F)F. The number of hydrogen-bond donors (Lipinski definition) is 0. The van der Waals surface area contributed by atoms with Crippen LogP contribution in [0.15, 0.2) is 4.47 Å². The molecular weight excluding hydrogens is 260 g/mol. The summed E-state index contributed by atoms with van der Waals surface area (Å²) in [6.45, 7) is 0. The molecule has 1 aromatic heterocycles. The average Bonchev–Trinajstić information content (AvgIpc) is 2.05. The molecular formula is C5H3BrClF3N2. The first-order valence-corrected chi connectivity index (χ1v) is 3.96. The Balaban J connectivity index is 3.32. The van der Waals surface area contributed by atoms with Crippen molar-refractivity contribution in [1.82, 2.24) is 9.78 Å². The Kier molecular flexibility index (Phi) is 2.40. The summed E-state index contributed by atoms with van der Waals surface area (Å²) in [4.78, 5) is 0. The Bertz CT molecular complexity index is 306. The van der Waals surface area contributed by atoms with Crippen LogP contribution in [-0.2, 0) is 13.2 Å². The predicted molar refractivity (Wildman–Crippen MR) is 40.9 cm³/mol. The van der Waals surface area contributed by atoms with Gasteiger partial charge in [-0.1, -0.05) is 11.6 Å². The molecule has 0 saturated carbocycles. The summed E-state index contributed by atoms with van der Waals surface area (Å²) in [5.41, 5.74) is -0.882. The van der Waals surface area contributed by atoms with Crippen LogP contribution in [0.5, 0.6) is 0 Å². The van der Waals surface area contributed by atoms with E-state index in [0.717, 1.165) is 0 Å². The average molecular weight is 263 g/mol. The zero-order valence-electron chi connectivity index (χ0n) is 5.78. The van der Waals surface area contributed by atoms with Gasteiger partial charge in [0.05, 0.1) is 4.47 Å². The van der Waals surface area contributed by atoms with Crippen LogP contribution in [0.4, 0.5) is 13.2 Å². The lowest BCUT2D eigenvalue weighted by atomic mass is 10.4. The van der Waals surface area contributed by atoms with Crippen LogP contribution in [0.3, 0.4) is 0 Å². The highest BCUT2D eigenvalue weighted by Gasteiger charge is 2.38. The maximum absolute atomic E-state index is 12.2. The molecule has 0 radical (unpaired) electrons. The second-order valence-corrected chi connectivity index (χ2v) is 3.23. The standard InChI is InChI=1S/C5H3BrClF3N2/c1-12-3(5(8,9)10)2(6)4(7)11-12/h1H3. The summed E-state index contributed by atoms with van der Waals surface area (Å²) in [5, 5.41) is 3.20. The van der Waals surface area contributed by atoms with Gasteiger partial charge in [-0.2, -0.15) is 18.3 Å². The molecule has 0 N–H and O–H groups in total. The second kappa shape index (κ2) is 2.92. The van der Waals surface area contributed by atoms with Crippen molar-refractivity contribution in [2.24, 2.45) is 7.05 Å². The summed E-state index contributed by atoms with van der Waals surface area (Å²) >= 11 is 8.06. The van der Waals surface area contributed by atoms with E-state index in [4.69, 9.17) is 11.6 Å². The molecule has 1 heterocycles. The molecule has 68 valence electrons. The molecule has 1 aromatic rings. The lowest BCUT2D eigenvalue weighted by molar-refractivity contribution is -0.144. The molecule has 0 saturated heterocycles. The minimum Gasteiger partial charge on any atom is -0.261 e. The highest BCUT2D eigenvalue weighted by Crippen LogP contribution is 2.37. The monoisotopic (exact) mass is 262 g/mol. The van der Waals surface area contributed by atoms with Gasteiger partial charge in [0.1, 0.15) is 0 Å². The molecule has 0 aliphatic heterocycles. The lowest BCUT2D eigenvalue weighted by Gasteiger charge is -2.06. The third-order valence-electron chi connectivity index (χ3n) is 1.22. The minimum absolute atomic E-state index is 0.190. The first kappa shape index (κ1) is 9.85. The Morgan fingerprint density at radius 2 is 2.00 bits per heavy atom. The summed E-state index contributed by atoms with van der Waals surface area (Å²) < 4.78 is 37.0. The Morgan fingerprint density at radius 3 is 2.17 bits per heavy atom. The molecule has 12 heavy (non-hydrogen) atoms. The van der Waals surface area contributed by atoms with Crippen LogP contribution in [-0.4, -0.2) is 9.78 Å². The van der Waals surface area contributed by atoms with Gasteiger partial charge in [0, 0.05) is 7.05 Å². The van der Waals surface area contributed by atoms with Gasteiger partial charge >= 0.3 is 6.18 Å². The quantitative estimate of drug-likeness (QED) is 0.704. The van der Waals surface area contributed by atoms with Crippen molar-refractivity contribution in [3.63, 3.8) is 0 Å². The van der Waals surface area contributed by atoms with Gasteiger partial charge in [-0.05, 0) is 15.9 Å². The molecule has 0 aliphatic rings. The van der Waals surface area contributed by atoms with Crippen LogP contribution in [0.25, 0.3) is 0 Å². The fourth-order valence-corrected chi connectivity index (χ4v) is 1.54. The summed E-state index contributed by atoms with van der Waals surface area (Å²) in [5.74, 6) is 0. The van der Waals surface area contributed by atoms with Crippen molar-refractivity contribution in [2.45, 2.75) is 6.18 Å². The zero-order chi connectivity index (χ0) is 9.52. The zero-order valence-corrected chi connectivity index (χ0v) is 8.13. The first-order valence-electron chi connectivity index (χ1n) is 2.79. The van der Waals surface area contributed by atoms with Crippen molar-refractivity contribution < 1.29 is 13.2 Å². The van der Waals surface area contributed by atoms with Gasteiger partial charge in [-0.25, -0.2) is 0 Å². The minimum atomic E-state index is -4.44. The van der Waals surface area contributed by atoms with E-state index in [0.29, 0.717) is 4.68 Å². The number of aromatic nitrogens is 2.